The zero-order valence-electron chi connectivity index (χ0n) is 19.6. The molecule has 0 saturated heterocycles. The second-order valence-electron chi connectivity index (χ2n) is 7.87. The van der Waals surface area contributed by atoms with Crippen LogP contribution in [0.15, 0.2) is 75.1 Å². The summed E-state index contributed by atoms with van der Waals surface area (Å²) in [5.74, 6) is -0.634. The quantitative estimate of drug-likeness (QED) is 0.456. The van der Waals surface area contributed by atoms with Crippen LogP contribution in [0.3, 0.4) is 0 Å². The first-order valence-corrected chi connectivity index (χ1v) is 11.2. The molecule has 0 saturated carbocycles. The first-order valence-electron chi connectivity index (χ1n) is 11.2. The number of hydrogen-bond donors (Lipinski definition) is 2. The van der Waals surface area contributed by atoms with E-state index in [9.17, 15) is 19.2 Å². The molecule has 2 N–H and O–H groups in total. The lowest BCUT2D eigenvalue weighted by molar-refractivity contribution is -0.139. The Balaban J connectivity index is 1.58. The molecule has 0 bridgehead atoms. The molecule has 2 aromatic heterocycles. The Morgan fingerprint density at radius 1 is 1.03 bits per heavy atom. The van der Waals surface area contributed by atoms with Crippen molar-refractivity contribution in [2.45, 2.75) is 26.4 Å². The topological polar surface area (TPSA) is 142 Å². The van der Waals surface area contributed by atoms with E-state index in [1.807, 2.05) is 30.3 Å². The molecule has 3 heterocycles. The Labute approximate surface area is 205 Å². The van der Waals surface area contributed by atoms with Gasteiger partial charge in [-0.25, -0.2) is 19.1 Å². The van der Waals surface area contributed by atoms with Crippen LogP contribution in [0.4, 0.5) is 4.79 Å². The highest BCUT2D eigenvalue weighted by Gasteiger charge is 2.36. The van der Waals surface area contributed by atoms with Gasteiger partial charge in [0, 0.05) is 6.07 Å². The van der Waals surface area contributed by atoms with Crippen LogP contribution in [0.2, 0.25) is 0 Å². The number of rotatable bonds is 8. The molecule has 2 amide bonds. The lowest BCUT2D eigenvalue weighted by Gasteiger charge is -2.27. The molecule has 1 aromatic carbocycles. The van der Waals surface area contributed by atoms with Crippen molar-refractivity contribution in [1.29, 1.82) is 0 Å². The Bertz CT molecular complexity index is 1370. The average Bonchev–Trinajstić information content (AvgIpc) is 3.30. The molecule has 3 aromatic rings. The van der Waals surface area contributed by atoms with Crippen LogP contribution < -0.4 is 16.2 Å². The van der Waals surface area contributed by atoms with Crippen LogP contribution in [-0.2, 0) is 20.8 Å². The summed E-state index contributed by atoms with van der Waals surface area (Å²) in [6.07, 6.45) is 0. The van der Waals surface area contributed by atoms with Gasteiger partial charge in [0.1, 0.15) is 24.2 Å². The second-order valence-corrected chi connectivity index (χ2v) is 7.87. The van der Waals surface area contributed by atoms with Gasteiger partial charge in [-0.1, -0.05) is 30.3 Å². The molecule has 0 fully saturated rings. The minimum Gasteiger partial charge on any atom is -0.464 e. The van der Waals surface area contributed by atoms with Crippen LogP contribution in [0, 0.1) is 6.92 Å². The van der Waals surface area contributed by atoms with E-state index in [0.717, 1.165) is 10.2 Å². The summed E-state index contributed by atoms with van der Waals surface area (Å²) < 4.78 is 17.3. The van der Waals surface area contributed by atoms with E-state index in [4.69, 9.17) is 13.9 Å². The molecule has 0 spiro atoms. The molecular formula is C25H24N4O7. The first-order chi connectivity index (χ1) is 17.4. The number of nitrogens with one attached hydrogen (secondary N) is 2. The molecule has 1 aliphatic heterocycles. The SMILES string of the molecule is CCOC(=O)C1=C(COC(=O)c2ccc(=O)n(Cc3ccccc3)n2)NC(=O)NC1c1ccc(C)o1. The molecule has 0 radical (unpaired) electrons. The molecule has 4 rings (SSSR count). The number of hydrogen-bond acceptors (Lipinski definition) is 8. The molecule has 11 nitrogen and oxygen atoms in total. The van der Waals surface area contributed by atoms with Crippen LogP contribution in [0.1, 0.15) is 40.5 Å². The lowest BCUT2D eigenvalue weighted by Crippen LogP contribution is -2.47. The number of aromatic nitrogens is 2. The van der Waals surface area contributed by atoms with Gasteiger partial charge in [-0.3, -0.25) is 4.79 Å². The monoisotopic (exact) mass is 492 g/mol. The summed E-state index contributed by atoms with van der Waals surface area (Å²) in [5.41, 5.74) is 0.425. The number of benzene rings is 1. The summed E-state index contributed by atoms with van der Waals surface area (Å²) in [5, 5.41) is 9.24. The maximum Gasteiger partial charge on any atom is 0.359 e. The summed E-state index contributed by atoms with van der Waals surface area (Å²) in [7, 11) is 0. The predicted molar refractivity (Wildman–Crippen MR) is 126 cm³/mol. The van der Waals surface area contributed by atoms with E-state index < -0.39 is 30.6 Å². The van der Waals surface area contributed by atoms with Crippen molar-refractivity contribution in [3.05, 3.63) is 99.0 Å². The summed E-state index contributed by atoms with van der Waals surface area (Å²) in [4.78, 5) is 50.1. The number of furan rings is 1. The first kappa shape index (κ1) is 24.5. The Morgan fingerprint density at radius 3 is 2.50 bits per heavy atom. The van der Waals surface area contributed by atoms with Gasteiger partial charge >= 0.3 is 18.0 Å². The zero-order chi connectivity index (χ0) is 25.7. The number of esters is 2. The van der Waals surface area contributed by atoms with Gasteiger partial charge in [0.2, 0.25) is 0 Å². The number of urea groups is 1. The van der Waals surface area contributed by atoms with Crippen molar-refractivity contribution in [3.8, 4) is 0 Å². The molecule has 186 valence electrons. The number of aryl methyl sites for hydroxylation is 1. The predicted octanol–water partition coefficient (Wildman–Crippen LogP) is 2.22. The molecule has 1 unspecified atom stereocenters. The number of carbonyl (C=O) groups is 3. The average molecular weight is 492 g/mol. The smallest absolute Gasteiger partial charge is 0.359 e. The Kier molecular flexibility index (Phi) is 7.28. The highest BCUT2D eigenvalue weighted by molar-refractivity contribution is 5.95. The standard InChI is InChI=1S/C25H24N4O7/c1-3-34-24(32)21-18(26-25(33)27-22(21)19-11-9-15(2)36-19)14-35-23(31)17-10-12-20(30)29(28-17)13-16-7-5-4-6-8-16/h4-12,22H,3,13-14H2,1-2H3,(H2,26,27,33). The van der Waals surface area contributed by atoms with E-state index in [1.165, 1.54) is 12.1 Å². The fourth-order valence-corrected chi connectivity index (χ4v) is 3.64. The van der Waals surface area contributed by atoms with Crippen LogP contribution in [-0.4, -0.2) is 41.0 Å². The Hall–Kier alpha value is -4.67. The van der Waals surface area contributed by atoms with Crippen molar-refractivity contribution in [1.82, 2.24) is 20.4 Å². The van der Waals surface area contributed by atoms with Gasteiger partial charge in [-0.2, -0.15) is 5.10 Å². The normalized spacial score (nSPS) is 15.2. The van der Waals surface area contributed by atoms with E-state index in [-0.39, 0.29) is 35.7 Å². The van der Waals surface area contributed by atoms with Gasteiger partial charge in [0.25, 0.3) is 5.56 Å². The van der Waals surface area contributed by atoms with Gasteiger partial charge in [-0.15, -0.1) is 0 Å². The summed E-state index contributed by atoms with van der Waals surface area (Å²) >= 11 is 0. The maximum atomic E-state index is 12.8. The molecular weight excluding hydrogens is 468 g/mol. The van der Waals surface area contributed by atoms with Gasteiger partial charge in [-0.05, 0) is 37.6 Å². The summed E-state index contributed by atoms with van der Waals surface area (Å²) in [6, 6.07) is 13.4. The molecule has 0 aliphatic carbocycles. The van der Waals surface area contributed by atoms with Crippen LogP contribution >= 0.6 is 0 Å². The van der Waals surface area contributed by atoms with Crippen LogP contribution in [0.5, 0.6) is 0 Å². The van der Waals surface area contributed by atoms with E-state index in [1.54, 1.807) is 26.0 Å². The van der Waals surface area contributed by atoms with E-state index >= 15 is 0 Å². The van der Waals surface area contributed by atoms with Crippen molar-refractivity contribution >= 4 is 18.0 Å². The maximum absolute atomic E-state index is 12.8. The second kappa shape index (κ2) is 10.7. The molecule has 1 aliphatic rings. The van der Waals surface area contributed by atoms with Gasteiger partial charge in [0.05, 0.1) is 24.4 Å². The van der Waals surface area contributed by atoms with Crippen LogP contribution in [0.25, 0.3) is 0 Å². The fraction of sp³-hybridized carbons (Fsp3) is 0.240. The van der Waals surface area contributed by atoms with Crippen molar-refractivity contribution in [2.24, 2.45) is 0 Å². The van der Waals surface area contributed by atoms with E-state index in [2.05, 4.69) is 15.7 Å². The highest BCUT2D eigenvalue weighted by atomic mass is 16.5. The lowest BCUT2D eigenvalue weighted by atomic mass is 10.0. The number of ether oxygens (including phenoxy) is 2. The minimum absolute atomic E-state index is 0.0422. The fourth-order valence-electron chi connectivity index (χ4n) is 3.64. The zero-order valence-corrected chi connectivity index (χ0v) is 19.6. The highest BCUT2D eigenvalue weighted by Crippen LogP contribution is 2.29. The number of carbonyl (C=O) groups excluding carboxylic acids is 3. The number of nitrogens with zero attached hydrogens (tertiary/aromatic N) is 2. The van der Waals surface area contributed by atoms with Crippen molar-refractivity contribution in [3.63, 3.8) is 0 Å². The largest absolute Gasteiger partial charge is 0.464 e. The third kappa shape index (κ3) is 5.52. The summed E-state index contributed by atoms with van der Waals surface area (Å²) in [6.45, 7) is 3.20. The van der Waals surface area contributed by atoms with E-state index in [0.29, 0.717) is 11.5 Å². The minimum atomic E-state index is -0.939. The van der Waals surface area contributed by atoms with Crippen molar-refractivity contribution in [2.75, 3.05) is 13.2 Å². The number of amides is 2. The molecule has 11 heteroatoms. The molecule has 36 heavy (non-hydrogen) atoms. The molecule has 1 atom stereocenters. The Morgan fingerprint density at radius 2 is 1.81 bits per heavy atom. The third-order valence-electron chi connectivity index (χ3n) is 5.29. The van der Waals surface area contributed by atoms with Gasteiger partial charge in [0.15, 0.2) is 5.69 Å². The van der Waals surface area contributed by atoms with Crippen molar-refractivity contribution < 1.29 is 28.3 Å². The third-order valence-corrected chi connectivity index (χ3v) is 5.29. The van der Waals surface area contributed by atoms with Gasteiger partial charge < -0.3 is 24.5 Å².